The van der Waals surface area contributed by atoms with E-state index in [1.807, 2.05) is 24.0 Å². The fraction of sp³-hybridized carbons (Fsp3) is 0.600. The van der Waals surface area contributed by atoms with Gasteiger partial charge >= 0.3 is 0 Å². The second-order valence-corrected chi connectivity index (χ2v) is 5.12. The van der Waals surface area contributed by atoms with Crippen LogP contribution < -0.4 is 5.32 Å². The van der Waals surface area contributed by atoms with Crippen LogP contribution in [0.25, 0.3) is 0 Å². The minimum Gasteiger partial charge on any atom is -0.370 e. The first kappa shape index (κ1) is 13.8. The van der Waals surface area contributed by atoms with Crippen molar-refractivity contribution in [2.45, 2.75) is 33.1 Å². The topological polar surface area (TPSA) is 45.2 Å². The van der Waals surface area contributed by atoms with E-state index in [1.165, 1.54) is 12.8 Å². The van der Waals surface area contributed by atoms with Crippen molar-refractivity contribution in [2.75, 3.05) is 25.0 Å². The van der Waals surface area contributed by atoms with Gasteiger partial charge in [-0.25, -0.2) is 4.98 Å². The maximum Gasteiger partial charge on any atom is 0.257 e. The molecule has 0 atom stereocenters. The van der Waals surface area contributed by atoms with E-state index in [4.69, 9.17) is 0 Å². The van der Waals surface area contributed by atoms with Crippen LogP contribution in [-0.2, 0) is 0 Å². The van der Waals surface area contributed by atoms with Gasteiger partial charge in [-0.15, -0.1) is 0 Å². The summed E-state index contributed by atoms with van der Waals surface area (Å²) in [4.78, 5) is 18.9. The van der Waals surface area contributed by atoms with Crippen LogP contribution in [0.3, 0.4) is 0 Å². The van der Waals surface area contributed by atoms with Gasteiger partial charge < -0.3 is 10.2 Å². The quantitative estimate of drug-likeness (QED) is 0.821. The van der Waals surface area contributed by atoms with E-state index in [-0.39, 0.29) is 5.91 Å². The van der Waals surface area contributed by atoms with Crippen molar-refractivity contribution in [3.8, 4) is 0 Å². The molecule has 1 aliphatic rings. The van der Waals surface area contributed by atoms with Crippen LogP contribution in [0.5, 0.6) is 0 Å². The Morgan fingerprint density at radius 2 is 2.26 bits per heavy atom. The van der Waals surface area contributed by atoms with Crippen LogP contribution in [0.4, 0.5) is 5.82 Å². The highest BCUT2D eigenvalue weighted by molar-refractivity contribution is 5.98. The summed E-state index contributed by atoms with van der Waals surface area (Å²) in [6.07, 6.45) is 5.25. The molecule has 1 N–H and O–H groups in total. The van der Waals surface area contributed by atoms with Crippen molar-refractivity contribution in [3.05, 3.63) is 23.9 Å². The zero-order chi connectivity index (χ0) is 13.7. The standard InChI is InChI=1S/C15H23N3O/c1-3-10-18(11-12-7-8-12)15(19)13-6-5-9-17-14(13)16-4-2/h5-6,9,12H,3-4,7-8,10-11H2,1-2H3,(H,16,17). The third-order valence-electron chi connectivity index (χ3n) is 3.34. The Bertz CT molecular complexity index is 429. The summed E-state index contributed by atoms with van der Waals surface area (Å²) < 4.78 is 0. The van der Waals surface area contributed by atoms with E-state index in [9.17, 15) is 4.79 Å². The van der Waals surface area contributed by atoms with Gasteiger partial charge in [0.15, 0.2) is 0 Å². The Labute approximate surface area is 115 Å². The van der Waals surface area contributed by atoms with Crippen molar-refractivity contribution in [3.63, 3.8) is 0 Å². The summed E-state index contributed by atoms with van der Waals surface area (Å²) in [5.74, 6) is 1.53. The summed E-state index contributed by atoms with van der Waals surface area (Å²) in [5, 5.41) is 3.16. The summed E-state index contributed by atoms with van der Waals surface area (Å²) in [5.41, 5.74) is 0.693. The number of aromatic nitrogens is 1. The maximum atomic E-state index is 12.6. The van der Waals surface area contributed by atoms with Crippen molar-refractivity contribution in [1.29, 1.82) is 0 Å². The van der Waals surface area contributed by atoms with Crippen LogP contribution in [0, 0.1) is 5.92 Å². The lowest BCUT2D eigenvalue weighted by Gasteiger charge is -2.23. The predicted octanol–water partition coefficient (Wildman–Crippen LogP) is 2.78. The number of hydrogen-bond acceptors (Lipinski definition) is 3. The zero-order valence-corrected chi connectivity index (χ0v) is 11.9. The van der Waals surface area contributed by atoms with Gasteiger partial charge in [0.25, 0.3) is 5.91 Å². The molecule has 1 amide bonds. The molecule has 1 aliphatic carbocycles. The van der Waals surface area contributed by atoms with Gasteiger partial charge in [0.2, 0.25) is 0 Å². The molecule has 0 bridgehead atoms. The predicted molar refractivity (Wildman–Crippen MR) is 77.3 cm³/mol. The molecule has 1 aromatic heterocycles. The molecule has 104 valence electrons. The minimum absolute atomic E-state index is 0.109. The van der Waals surface area contributed by atoms with Gasteiger partial charge in [-0.1, -0.05) is 6.92 Å². The molecule has 4 nitrogen and oxygen atoms in total. The van der Waals surface area contributed by atoms with Crippen molar-refractivity contribution < 1.29 is 4.79 Å². The van der Waals surface area contributed by atoms with E-state index >= 15 is 0 Å². The van der Waals surface area contributed by atoms with Crippen molar-refractivity contribution in [2.24, 2.45) is 5.92 Å². The molecular formula is C15H23N3O. The molecule has 4 heteroatoms. The molecule has 0 spiro atoms. The third-order valence-corrected chi connectivity index (χ3v) is 3.34. The highest BCUT2D eigenvalue weighted by Crippen LogP contribution is 2.30. The molecule has 19 heavy (non-hydrogen) atoms. The molecule has 2 rings (SSSR count). The average molecular weight is 261 g/mol. The van der Waals surface area contributed by atoms with Gasteiger partial charge in [-0.3, -0.25) is 4.79 Å². The van der Waals surface area contributed by atoms with Gasteiger partial charge in [0.1, 0.15) is 5.82 Å². The lowest BCUT2D eigenvalue weighted by atomic mass is 10.2. The number of hydrogen-bond donors (Lipinski definition) is 1. The number of nitrogens with one attached hydrogen (secondary N) is 1. The molecule has 1 saturated carbocycles. The molecule has 1 fully saturated rings. The number of carbonyl (C=O) groups excluding carboxylic acids is 1. The van der Waals surface area contributed by atoms with Crippen molar-refractivity contribution >= 4 is 11.7 Å². The third kappa shape index (κ3) is 3.69. The second kappa shape index (κ2) is 6.55. The normalized spacial score (nSPS) is 14.2. The number of amides is 1. The molecule has 0 saturated heterocycles. The highest BCUT2D eigenvalue weighted by atomic mass is 16.2. The average Bonchev–Trinajstić information content (AvgIpc) is 3.22. The monoisotopic (exact) mass is 261 g/mol. The largest absolute Gasteiger partial charge is 0.370 e. The Morgan fingerprint density at radius 1 is 1.47 bits per heavy atom. The fourth-order valence-corrected chi connectivity index (χ4v) is 2.21. The Kier molecular flexibility index (Phi) is 4.77. The summed E-state index contributed by atoms with van der Waals surface area (Å²) in [6.45, 7) is 6.62. The van der Waals surface area contributed by atoms with Crippen LogP contribution in [0.1, 0.15) is 43.5 Å². The maximum absolute atomic E-state index is 12.6. The van der Waals surface area contributed by atoms with Crippen LogP contribution >= 0.6 is 0 Å². The van der Waals surface area contributed by atoms with Crippen LogP contribution in [0.15, 0.2) is 18.3 Å². The van der Waals surface area contributed by atoms with Crippen molar-refractivity contribution in [1.82, 2.24) is 9.88 Å². The first-order valence-electron chi connectivity index (χ1n) is 7.24. The molecule has 0 aromatic carbocycles. The second-order valence-electron chi connectivity index (χ2n) is 5.12. The van der Waals surface area contributed by atoms with Gasteiger partial charge in [-0.05, 0) is 44.2 Å². The minimum atomic E-state index is 0.109. The molecule has 0 unspecified atom stereocenters. The first-order chi connectivity index (χ1) is 9.26. The Balaban J connectivity index is 2.14. The lowest BCUT2D eigenvalue weighted by Crippen LogP contribution is -2.34. The molecular weight excluding hydrogens is 238 g/mol. The van der Waals surface area contributed by atoms with Gasteiger partial charge in [-0.2, -0.15) is 0 Å². The summed E-state index contributed by atoms with van der Waals surface area (Å²) >= 11 is 0. The Hall–Kier alpha value is -1.58. The first-order valence-corrected chi connectivity index (χ1v) is 7.24. The fourth-order valence-electron chi connectivity index (χ4n) is 2.21. The Morgan fingerprint density at radius 3 is 2.89 bits per heavy atom. The smallest absolute Gasteiger partial charge is 0.257 e. The number of nitrogens with zero attached hydrogens (tertiary/aromatic N) is 2. The van der Waals surface area contributed by atoms with E-state index in [0.29, 0.717) is 11.4 Å². The number of anilines is 1. The van der Waals surface area contributed by atoms with E-state index in [2.05, 4.69) is 17.2 Å². The summed E-state index contributed by atoms with van der Waals surface area (Å²) in [6, 6.07) is 3.69. The van der Waals surface area contributed by atoms with E-state index in [0.717, 1.165) is 32.0 Å². The number of pyridine rings is 1. The van der Waals surface area contributed by atoms with E-state index in [1.54, 1.807) is 6.20 Å². The van der Waals surface area contributed by atoms with Crippen LogP contribution in [-0.4, -0.2) is 35.4 Å². The van der Waals surface area contributed by atoms with Crippen LogP contribution in [0.2, 0.25) is 0 Å². The van der Waals surface area contributed by atoms with E-state index < -0.39 is 0 Å². The molecule has 0 aliphatic heterocycles. The van der Waals surface area contributed by atoms with Gasteiger partial charge in [0.05, 0.1) is 5.56 Å². The molecule has 1 aromatic rings. The zero-order valence-electron chi connectivity index (χ0n) is 11.9. The molecule has 0 radical (unpaired) electrons. The molecule has 1 heterocycles. The van der Waals surface area contributed by atoms with Gasteiger partial charge in [0, 0.05) is 25.8 Å². The SMILES string of the molecule is CCCN(CC1CC1)C(=O)c1cccnc1NCC. The lowest BCUT2D eigenvalue weighted by molar-refractivity contribution is 0.0748. The number of rotatable bonds is 7. The summed E-state index contributed by atoms with van der Waals surface area (Å²) in [7, 11) is 0. The highest BCUT2D eigenvalue weighted by Gasteiger charge is 2.27. The number of carbonyl (C=O) groups is 1.